The average Bonchev–Trinajstić information content (AvgIpc) is 2.12. The van der Waals surface area contributed by atoms with Gasteiger partial charge in [-0.2, -0.15) is 0 Å². The Morgan fingerprint density at radius 1 is 1.57 bits per heavy atom. The molecule has 1 aromatic carbocycles. The lowest BCUT2D eigenvalue weighted by Gasteiger charge is -2.11. The molecule has 76 valence electrons. The van der Waals surface area contributed by atoms with Crippen molar-refractivity contribution >= 4 is 11.7 Å². The van der Waals surface area contributed by atoms with Crippen LogP contribution in [0.5, 0.6) is 11.5 Å². The fourth-order valence-electron chi connectivity index (χ4n) is 1.20. The van der Waals surface area contributed by atoms with Crippen LogP contribution in [-0.2, 0) is 0 Å². The number of hydrogen-bond acceptors (Lipinski definition) is 4. The van der Waals surface area contributed by atoms with Crippen LogP contribution in [0.4, 0.5) is 5.69 Å². The van der Waals surface area contributed by atoms with Gasteiger partial charge >= 0.3 is 5.97 Å². The Balaban J connectivity index is 3.47. The first-order chi connectivity index (χ1) is 6.49. The highest BCUT2D eigenvalue weighted by Gasteiger charge is 2.17. The van der Waals surface area contributed by atoms with E-state index in [-0.39, 0.29) is 22.7 Å². The van der Waals surface area contributed by atoms with Gasteiger partial charge in [0.05, 0.1) is 18.4 Å². The van der Waals surface area contributed by atoms with Gasteiger partial charge in [0.15, 0.2) is 11.5 Å². The number of benzene rings is 1. The van der Waals surface area contributed by atoms with E-state index in [2.05, 4.69) is 0 Å². The first-order valence-electron chi connectivity index (χ1n) is 3.88. The molecule has 0 saturated carbocycles. The van der Waals surface area contributed by atoms with Crippen LogP contribution < -0.4 is 10.5 Å². The van der Waals surface area contributed by atoms with E-state index in [1.54, 1.807) is 6.92 Å². The summed E-state index contributed by atoms with van der Waals surface area (Å²) < 4.78 is 4.82. The van der Waals surface area contributed by atoms with Gasteiger partial charge < -0.3 is 20.7 Å². The van der Waals surface area contributed by atoms with Crippen LogP contribution in [0.1, 0.15) is 15.9 Å². The minimum atomic E-state index is -1.13. The van der Waals surface area contributed by atoms with E-state index in [1.165, 1.54) is 7.11 Å². The van der Waals surface area contributed by atoms with Gasteiger partial charge in [-0.1, -0.05) is 0 Å². The summed E-state index contributed by atoms with van der Waals surface area (Å²) in [6.07, 6.45) is 0. The van der Waals surface area contributed by atoms with Crippen molar-refractivity contribution in [1.29, 1.82) is 0 Å². The molecule has 0 amide bonds. The smallest absolute Gasteiger partial charge is 0.336 e. The number of nitrogen functional groups attached to an aromatic ring is 1. The molecule has 0 radical (unpaired) electrons. The molecular formula is C9H11NO4. The molecule has 1 rings (SSSR count). The fourth-order valence-corrected chi connectivity index (χ4v) is 1.20. The molecule has 5 heteroatoms. The van der Waals surface area contributed by atoms with Crippen molar-refractivity contribution in [3.8, 4) is 11.5 Å². The van der Waals surface area contributed by atoms with Gasteiger partial charge in [0, 0.05) is 0 Å². The highest BCUT2D eigenvalue weighted by molar-refractivity contribution is 5.93. The van der Waals surface area contributed by atoms with Crippen LogP contribution in [0.2, 0.25) is 0 Å². The maximum Gasteiger partial charge on any atom is 0.336 e. The lowest BCUT2D eigenvalue weighted by Crippen LogP contribution is -2.04. The molecule has 0 spiro atoms. The molecule has 0 atom stereocenters. The molecule has 0 aliphatic carbocycles. The molecule has 0 aliphatic heterocycles. The summed E-state index contributed by atoms with van der Waals surface area (Å²) in [4.78, 5) is 10.7. The summed E-state index contributed by atoms with van der Waals surface area (Å²) in [7, 11) is 1.35. The molecule has 4 N–H and O–H groups in total. The van der Waals surface area contributed by atoms with Crippen molar-refractivity contribution in [2.24, 2.45) is 0 Å². The van der Waals surface area contributed by atoms with Crippen LogP contribution in [0.15, 0.2) is 6.07 Å². The second kappa shape index (κ2) is 3.45. The van der Waals surface area contributed by atoms with Crippen LogP contribution in [0.25, 0.3) is 0 Å². The molecule has 0 fully saturated rings. The van der Waals surface area contributed by atoms with Crippen LogP contribution in [0, 0.1) is 6.92 Å². The van der Waals surface area contributed by atoms with Gasteiger partial charge in [0.2, 0.25) is 0 Å². The number of ether oxygens (including phenoxy) is 1. The Bertz CT molecular complexity index is 387. The standard InChI is InChI=1S/C9H11NO4/c1-4-5(9(12)13)3-6(11)8(14-2)7(4)10/h3,11H,10H2,1-2H3,(H,12,13). The lowest BCUT2D eigenvalue weighted by molar-refractivity contribution is 0.0695. The Labute approximate surface area is 80.7 Å². The van der Waals surface area contributed by atoms with Gasteiger partial charge in [-0.15, -0.1) is 0 Å². The van der Waals surface area contributed by atoms with E-state index in [4.69, 9.17) is 15.6 Å². The largest absolute Gasteiger partial charge is 0.504 e. The Hall–Kier alpha value is -1.91. The Morgan fingerprint density at radius 3 is 2.57 bits per heavy atom. The number of carbonyl (C=O) groups is 1. The lowest BCUT2D eigenvalue weighted by atomic mass is 10.1. The molecule has 5 nitrogen and oxygen atoms in total. The number of hydrogen-bond donors (Lipinski definition) is 3. The third-order valence-electron chi connectivity index (χ3n) is 2.00. The van der Waals surface area contributed by atoms with Crippen molar-refractivity contribution in [2.45, 2.75) is 6.92 Å². The number of rotatable bonds is 2. The molecule has 0 saturated heterocycles. The fraction of sp³-hybridized carbons (Fsp3) is 0.222. The van der Waals surface area contributed by atoms with Crippen LogP contribution in [-0.4, -0.2) is 23.3 Å². The zero-order valence-electron chi connectivity index (χ0n) is 7.87. The van der Waals surface area contributed by atoms with Crippen molar-refractivity contribution in [2.75, 3.05) is 12.8 Å². The average molecular weight is 197 g/mol. The number of phenolic OH excluding ortho intramolecular Hbond substituents is 1. The number of aromatic hydroxyl groups is 1. The molecular weight excluding hydrogens is 186 g/mol. The second-order valence-electron chi connectivity index (χ2n) is 2.82. The monoisotopic (exact) mass is 197 g/mol. The van der Waals surface area contributed by atoms with Gasteiger partial charge in [0.1, 0.15) is 0 Å². The minimum absolute atomic E-state index is 0.0270. The Kier molecular flexibility index (Phi) is 2.51. The third kappa shape index (κ3) is 1.44. The van der Waals surface area contributed by atoms with Crippen molar-refractivity contribution in [1.82, 2.24) is 0 Å². The summed E-state index contributed by atoms with van der Waals surface area (Å²) >= 11 is 0. The van der Waals surface area contributed by atoms with Crippen LogP contribution in [0.3, 0.4) is 0 Å². The van der Waals surface area contributed by atoms with Gasteiger partial charge in [-0.25, -0.2) is 4.79 Å². The number of phenols is 1. The molecule has 1 aromatic rings. The number of nitrogens with two attached hydrogens (primary N) is 1. The molecule has 0 aromatic heterocycles. The van der Waals surface area contributed by atoms with E-state index >= 15 is 0 Å². The van der Waals surface area contributed by atoms with Crippen molar-refractivity contribution < 1.29 is 19.7 Å². The summed E-state index contributed by atoms with van der Waals surface area (Å²) in [5.74, 6) is -1.30. The number of anilines is 1. The van der Waals surface area contributed by atoms with E-state index in [0.717, 1.165) is 6.07 Å². The highest BCUT2D eigenvalue weighted by atomic mass is 16.5. The summed E-state index contributed by atoms with van der Waals surface area (Å²) in [6, 6.07) is 1.12. The molecule has 0 unspecified atom stereocenters. The van der Waals surface area contributed by atoms with Gasteiger partial charge in [-0.05, 0) is 18.6 Å². The molecule has 14 heavy (non-hydrogen) atoms. The Morgan fingerprint density at radius 2 is 2.14 bits per heavy atom. The first-order valence-corrected chi connectivity index (χ1v) is 3.88. The van der Waals surface area contributed by atoms with E-state index in [1.807, 2.05) is 0 Å². The number of carboxylic acids is 1. The number of methoxy groups -OCH3 is 1. The van der Waals surface area contributed by atoms with E-state index < -0.39 is 5.97 Å². The number of carboxylic acid groups (broad SMARTS) is 1. The predicted octanol–water partition coefficient (Wildman–Crippen LogP) is 0.990. The third-order valence-corrected chi connectivity index (χ3v) is 2.00. The molecule has 0 bridgehead atoms. The zero-order chi connectivity index (χ0) is 10.9. The SMILES string of the molecule is COc1c(O)cc(C(=O)O)c(C)c1N. The predicted molar refractivity (Wildman–Crippen MR) is 50.8 cm³/mol. The topological polar surface area (TPSA) is 92.8 Å². The maximum absolute atomic E-state index is 10.7. The van der Waals surface area contributed by atoms with Crippen LogP contribution >= 0.6 is 0 Å². The summed E-state index contributed by atoms with van der Waals surface area (Å²) in [5, 5.41) is 18.1. The first kappa shape index (κ1) is 10.2. The summed E-state index contributed by atoms with van der Waals surface area (Å²) in [6.45, 7) is 1.56. The van der Waals surface area contributed by atoms with E-state index in [0.29, 0.717) is 5.56 Å². The number of aromatic carboxylic acids is 1. The van der Waals surface area contributed by atoms with E-state index in [9.17, 15) is 9.90 Å². The summed E-state index contributed by atoms with van der Waals surface area (Å²) in [5.41, 5.74) is 6.08. The van der Waals surface area contributed by atoms with Crippen molar-refractivity contribution in [3.63, 3.8) is 0 Å². The zero-order valence-corrected chi connectivity index (χ0v) is 7.87. The minimum Gasteiger partial charge on any atom is -0.504 e. The second-order valence-corrected chi connectivity index (χ2v) is 2.82. The van der Waals surface area contributed by atoms with Crippen molar-refractivity contribution in [3.05, 3.63) is 17.2 Å². The normalized spacial score (nSPS) is 9.86. The van der Waals surface area contributed by atoms with Gasteiger partial charge in [-0.3, -0.25) is 0 Å². The molecule has 0 heterocycles. The maximum atomic E-state index is 10.7. The molecule has 0 aliphatic rings. The highest BCUT2D eigenvalue weighted by Crippen LogP contribution is 2.36. The van der Waals surface area contributed by atoms with Gasteiger partial charge in [0.25, 0.3) is 0 Å². The quantitative estimate of drug-likeness (QED) is 0.615.